The Balaban J connectivity index is 0.814. The van der Waals surface area contributed by atoms with Crippen molar-refractivity contribution in [1.82, 2.24) is 40.1 Å². The number of β-amino-alcohol motifs (C(OH)–C–C–N with tert-alkyl or cyclic N) is 1. The van der Waals surface area contributed by atoms with E-state index in [2.05, 4.69) is 25.8 Å². The van der Waals surface area contributed by atoms with Gasteiger partial charge in [-0.3, -0.25) is 19.2 Å². The Morgan fingerprint density at radius 2 is 1.76 bits per heavy atom. The lowest BCUT2D eigenvalue weighted by molar-refractivity contribution is -0.140. The molecule has 2 aliphatic heterocycles. The zero-order valence-electron chi connectivity index (χ0n) is 42.9. The number of phenolic OH excluding ortho intramolecular Hbond substituents is 1. The molecule has 4 N–H and O–H groups in total. The highest BCUT2D eigenvalue weighted by atomic mass is 35.5. The van der Waals surface area contributed by atoms with E-state index in [1.54, 1.807) is 48.4 Å². The maximum atomic E-state index is 17.1. The maximum Gasteiger partial charge on any atom is 0.243 e. The monoisotopic (exact) mass is 1070 g/mol. The summed E-state index contributed by atoms with van der Waals surface area (Å²) >= 11 is 8.46. The number of nitrogens with zero attached hydrogens (tertiary/aromatic N) is 8. The largest absolute Gasteiger partial charge is 0.508 e. The van der Waals surface area contributed by atoms with Gasteiger partial charge in [-0.1, -0.05) is 65.3 Å². The Morgan fingerprint density at radius 3 is 2.47 bits per heavy atom. The van der Waals surface area contributed by atoms with E-state index in [4.69, 9.17) is 25.8 Å². The van der Waals surface area contributed by atoms with Gasteiger partial charge in [0.25, 0.3) is 0 Å². The Bertz CT molecular complexity index is 3280. The number of aromatic hydroxyl groups is 1. The van der Waals surface area contributed by atoms with Crippen molar-refractivity contribution in [3.63, 3.8) is 0 Å². The number of rotatable bonds is 18. The summed E-state index contributed by atoms with van der Waals surface area (Å²) in [5, 5.41) is 33.4. The lowest BCUT2D eigenvalue weighted by Crippen LogP contribution is -2.48. The molecule has 4 atom stereocenters. The molecule has 2 aliphatic rings. The molecule has 0 aliphatic carbocycles. The summed E-state index contributed by atoms with van der Waals surface area (Å²) in [5.74, 6) is -1.85. The van der Waals surface area contributed by atoms with Crippen LogP contribution in [0.1, 0.15) is 67.8 Å². The van der Waals surface area contributed by atoms with Crippen LogP contribution in [0, 0.1) is 19.7 Å². The van der Waals surface area contributed by atoms with E-state index >= 15 is 4.39 Å². The predicted molar refractivity (Wildman–Crippen MR) is 289 cm³/mol. The van der Waals surface area contributed by atoms with Crippen molar-refractivity contribution in [2.45, 2.75) is 71.1 Å². The smallest absolute Gasteiger partial charge is 0.243 e. The number of thiazole rings is 1. The average molecular weight is 1080 g/mol. The predicted octanol–water partition coefficient (Wildman–Crippen LogP) is 7.64. The number of aliphatic hydroxyl groups excluding tert-OH is 1. The van der Waals surface area contributed by atoms with Crippen molar-refractivity contribution in [2.75, 3.05) is 76.3 Å². The molecule has 18 nitrogen and oxygen atoms in total. The van der Waals surface area contributed by atoms with Gasteiger partial charge in [-0.15, -0.1) is 11.3 Å². The van der Waals surface area contributed by atoms with Gasteiger partial charge < -0.3 is 49.7 Å². The number of phenols is 1. The fraction of sp³-hybridized carbons (Fsp3) is 0.382. The zero-order chi connectivity index (χ0) is 53.8. The highest BCUT2D eigenvalue weighted by molar-refractivity contribution is 7.13. The molecule has 76 heavy (non-hydrogen) atoms. The van der Waals surface area contributed by atoms with E-state index in [1.165, 1.54) is 22.8 Å². The summed E-state index contributed by atoms with van der Waals surface area (Å²) in [6.07, 6.45) is -0.615. The SMILES string of the molecule is CC(=O)N1CCN(c2nc(NCCC(=O)N(C)CCOCCC(C(=O)N3C[C@H](O)C[C@H]3C(=O)N[C@@H](C)c3ccc(-c4scnc4C)cc3)c3cc(C)no3)nc3c(F)c(-c4cc(O)cc5ccccc45)c(Cl)cc23)CC1. The molecule has 0 bridgehead atoms. The number of likely N-dealkylation sites (N-methyl/N-ethyl adjacent to an activating group) is 1. The Hall–Kier alpha value is -7.26. The number of benzene rings is 4. The molecular weight excluding hydrogens is 1020 g/mol. The van der Waals surface area contributed by atoms with Gasteiger partial charge in [-0.25, -0.2) is 14.4 Å². The van der Waals surface area contributed by atoms with Crippen molar-refractivity contribution in [3.8, 4) is 27.3 Å². The number of nitrogens with one attached hydrogen (secondary N) is 2. The van der Waals surface area contributed by atoms with Crippen LogP contribution in [0.4, 0.5) is 16.2 Å². The number of likely N-dealkylation sites (tertiary alicyclic amines) is 1. The molecular formula is C55H60ClFN10O8S. The highest BCUT2D eigenvalue weighted by Gasteiger charge is 2.42. The average Bonchev–Trinajstić information content (AvgIpc) is 4.16. The summed E-state index contributed by atoms with van der Waals surface area (Å²) in [6, 6.07) is 20.3. The standard InChI is InChI=1S/C55H60ClFN10O8S/c1-31-24-46(75-63-31)41(54(73)67-29-39(70)27-45(67)53(72)60-32(2)35-10-12-36(13-11-35)51-33(3)59-30-76-51)15-22-74-23-21-64(5)47(71)14-16-58-55-61-50-43(52(62-55)66-19-17-65(18-20-66)34(4)68)28-44(56)48(49(50)57)42-26-38(69)25-37-8-6-7-9-40(37)42/h6-13,24-26,28,30,32,39,41,45,69-70H,14-23,27,29H2,1-5H3,(H,60,72)(H,58,61,62)/t32-,39+,41?,45-/m0/s1. The molecule has 5 heterocycles. The van der Waals surface area contributed by atoms with Gasteiger partial charge in [-0.2, -0.15) is 4.98 Å². The first-order chi connectivity index (χ1) is 36.5. The number of hydrogen-bond donors (Lipinski definition) is 4. The normalized spacial score (nSPS) is 16.6. The Labute approximate surface area is 447 Å². The number of carbonyl (C=O) groups excluding carboxylic acids is 4. The molecule has 398 valence electrons. The highest BCUT2D eigenvalue weighted by Crippen LogP contribution is 2.42. The van der Waals surface area contributed by atoms with Crippen LogP contribution in [0.15, 0.2) is 82.8 Å². The Morgan fingerprint density at radius 1 is 1.00 bits per heavy atom. The number of aliphatic hydroxyl groups is 1. The van der Waals surface area contributed by atoms with Gasteiger partial charge >= 0.3 is 0 Å². The summed E-state index contributed by atoms with van der Waals surface area (Å²) in [7, 11) is 1.65. The summed E-state index contributed by atoms with van der Waals surface area (Å²) in [5.41, 5.74) is 5.71. The van der Waals surface area contributed by atoms with Gasteiger partial charge in [0, 0.05) is 96.2 Å². The number of ether oxygens (including phenoxy) is 1. The minimum atomic E-state index is -0.916. The number of amides is 4. The molecule has 0 radical (unpaired) electrons. The summed E-state index contributed by atoms with van der Waals surface area (Å²) in [6.45, 7) is 9.40. The minimum absolute atomic E-state index is 0.00880. The fourth-order valence-electron chi connectivity index (χ4n) is 9.92. The van der Waals surface area contributed by atoms with Crippen LogP contribution in [-0.4, -0.2) is 147 Å². The van der Waals surface area contributed by atoms with E-state index < -0.39 is 29.8 Å². The van der Waals surface area contributed by atoms with E-state index in [0.717, 1.165) is 21.7 Å². The molecule has 7 aromatic rings. The maximum absolute atomic E-state index is 17.1. The quantitative estimate of drug-likeness (QED) is 0.0608. The van der Waals surface area contributed by atoms with E-state index in [0.29, 0.717) is 65.2 Å². The number of halogens is 2. The van der Waals surface area contributed by atoms with Gasteiger partial charge in [0.2, 0.25) is 29.6 Å². The van der Waals surface area contributed by atoms with Crippen LogP contribution in [0.3, 0.4) is 0 Å². The molecule has 9 rings (SSSR count). The second-order valence-corrected chi connectivity index (χ2v) is 20.6. The van der Waals surface area contributed by atoms with Crippen LogP contribution >= 0.6 is 22.9 Å². The van der Waals surface area contributed by atoms with Crippen LogP contribution < -0.4 is 15.5 Å². The topological polar surface area (TPSA) is 220 Å². The van der Waals surface area contributed by atoms with E-state index in [-0.39, 0.29) is 104 Å². The molecule has 2 saturated heterocycles. The molecule has 3 aromatic heterocycles. The van der Waals surface area contributed by atoms with Crippen molar-refractivity contribution in [3.05, 3.63) is 112 Å². The first-order valence-corrected chi connectivity index (χ1v) is 26.5. The lowest BCUT2D eigenvalue weighted by atomic mass is 9.96. The van der Waals surface area contributed by atoms with Crippen LogP contribution in [0.25, 0.3) is 43.2 Å². The van der Waals surface area contributed by atoms with Crippen molar-refractivity contribution < 1.29 is 43.0 Å². The van der Waals surface area contributed by atoms with Gasteiger partial charge in [0.05, 0.1) is 45.6 Å². The third-order valence-corrected chi connectivity index (χ3v) is 15.4. The van der Waals surface area contributed by atoms with Gasteiger partial charge in [-0.05, 0) is 72.9 Å². The number of aryl methyl sites for hydroxylation is 2. The fourth-order valence-corrected chi connectivity index (χ4v) is 11.0. The second kappa shape index (κ2) is 23.3. The first-order valence-electron chi connectivity index (χ1n) is 25.2. The number of piperazine rings is 1. The molecule has 4 amide bonds. The van der Waals surface area contributed by atoms with Crippen molar-refractivity contribution in [1.29, 1.82) is 0 Å². The molecule has 21 heteroatoms. The molecule has 0 saturated carbocycles. The van der Waals surface area contributed by atoms with Crippen LogP contribution in [0.5, 0.6) is 5.75 Å². The van der Waals surface area contributed by atoms with Gasteiger partial charge in [0.15, 0.2) is 5.82 Å². The molecule has 4 aromatic carbocycles. The number of carbonyl (C=O) groups is 4. The molecule has 1 unspecified atom stereocenters. The van der Waals surface area contributed by atoms with Crippen LogP contribution in [0.2, 0.25) is 5.02 Å². The number of fused-ring (bicyclic) bond motifs is 2. The van der Waals surface area contributed by atoms with Crippen molar-refractivity contribution >= 4 is 80.0 Å². The van der Waals surface area contributed by atoms with Gasteiger partial charge in [0.1, 0.15) is 34.8 Å². The summed E-state index contributed by atoms with van der Waals surface area (Å²) in [4.78, 5) is 75.2. The van der Waals surface area contributed by atoms with E-state index in [9.17, 15) is 29.4 Å². The number of aromatic nitrogens is 4. The molecule has 2 fully saturated rings. The van der Waals surface area contributed by atoms with Crippen molar-refractivity contribution in [2.24, 2.45) is 0 Å². The summed E-state index contributed by atoms with van der Waals surface area (Å²) < 4.78 is 28.6. The zero-order valence-corrected chi connectivity index (χ0v) is 44.5. The third kappa shape index (κ3) is 11.7. The molecule has 0 spiro atoms. The minimum Gasteiger partial charge on any atom is -0.508 e. The third-order valence-electron chi connectivity index (χ3n) is 14.1. The first kappa shape index (κ1) is 53.6. The number of anilines is 2. The van der Waals surface area contributed by atoms with E-state index in [1.807, 2.05) is 72.8 Å². The second-order valence-electron chi connectivity index (χ2n) is 19.4. The lowest BCUT2D eigenvalue weighted by Gasteiger charge is -2.35. The van der Waals surface area contributed by atoms with Crippen LogP contribution in [-0.2, 0) is 23.9 Å². The number of hydrogen-bond acceptors (Lipinski definition) is 15. The Kier molecular flexibility index (Phi) is 16.4.